The number of carbonyl (C=O) groups is 1. The van der Waals surface area contributed by atoms with E-state index < -0.39 is 9.28 Å². The highest BCUT2D eigenvalue weighted by molar-refractivity contribution is 6.46. The molecule has 0 aromatic carbocycles. The van der Waals surface area contributed by atoms with Crippen molar-refractivity contribution in [2.45, 2.75) is 52.7 Å². The Labute approximate surface area is 112 Å². The van der Waals surface area contributed by atoms with Gasteiger partial charge < -0.3 is 13.6 Å². The Kier molecular flexibility index (Phi) is 8.96. The Bertz CT molecular complexity index is 262. The van der Waals surface area contributed by atoms with Crippen molar-refractivity contribution in [1.82, 2.24) is 0 Å². The summed E-state index contributed by atoms with van der Waals surface area (Å²) in [6.45, 7) is 14.4. The summed E-state index contributed by atoms with van der Waals surface area (Å²) in [6.07, 6.45) is 0.591. The molecule has 0 amide bonds. The number of esters is 1. The lowest BCUT2D eigenvalue weighted by Gasteiger charge is -2.28. The maximum Gasteiger partial charge on any atom is 0.333 e. The second-order valence-electron chi connectivity index (χ2n) is 4.27. The molecule has 0 rings (SSSR count). The topological polar surface area (TPSA) is 44.8 Å². The second kappa shape index (κ2) is 9.30. The van der Waals surface area contributed by atoms with Gasteiger partial charge in [-0.2, -0.15) is 0 Å². The van der Waals surface area contributed by atoms with Gasteiger partial charge in [-0.15, -0.1) is 0 Å². The van der Waals surface area contributed by atoms with Crippen molar-refractivity contribution in [3.8, 4) is 0 Å². The normalized spacial score (nSPS) is 14.3. The summed E-state index contributed by atoms with van der Waals surface area (Å²) in [4.78, 5) is 11.6. The van der Waals surface area contributed by atoms with Crippen molar-refractivity contribution < 1.29 is 18.4 Å². The number of ether oxygens (including phenoxy) is 1. The quantitative estimate of drug-likeness (QED) is 0.368. The van der Waals surface area contributed by atoms with Gasteiger partial charge in [0.05, 0.1) is 0 Å². The molecule has 0 aromatic rings. The van der Waals surface area contributed by atoms with E-state index in [-0.39, 0.29) is 17.6 Å². The zero-order chi connectivity index (χ0) is 14.1. The summed E-state index contributed by atoms with van der Waals surface area (Å²) in [7, 11) is -1.80. The molecule has 106 valence electrons. The van der Waals surface area contributed by atoms with E-state index in [0.717, 1.165) is 6.42 Å². The maximum atomic E-state index is 11.6. The lowest BCUT2D eigenvalue weighted by atomic mass is 10.2. The lowest BCUT2D eigenvalue weighted by molar-refractivity contribution is -0.144. The van der Waals surface area contributed by atoms with Gasteiger partial charge in [-0.05, 0) is 27.2 Å². The van der Waals surface area contributed by atoms with Crippen molar-refractivity contribution in [1.29, 1.82) is 0 Å². The van der Waals surface area contributed by atoms with E-state index in [9.17, 15) is 4.79 Å². The van der Waals surface area contributed by atoms with Gasteiger partial charge in [0.1, 0.15) is 6.10 Å². The number of hydrogen-bond acceptors (Lipinski definition) is 4. The molecular weight excluding hydrogens is 248 g/mol. The summed E-state index contributed by atoms with van der Waals surface area (Å²) in [5, 5.41) is 0. The molecule has 0 heterocycles. The lowest BCUT2D eigenvalue weighted by Crippen LogP contribution is -2.36. The standard InChI is InChI=1S/C13H26O4Si/c1-7-12(17-13(14)10(4)5)11(6)18(15-8-2)16-9-3/h11-12,18H,4,7-9H2,1-3,5-6H3. The maximum absolute atomic E-state index is 11.6. The van der Waals surface area contributed by atoms with Gasteiger partial charge in [-0.3, -0.25) is 0 Å². The third kappa shape index (κ3) is 5.80. The van der Waals surface area contributed by atoms with Crippen LogP contribution in [-0.2, 0) is 18.4 Å². The molecule has 18 heavy (non-hydrogen) atoms. The molecule has 0 spiro atoms. The molecule has 0 saturated carbocycles. The Morgan fingerprint density at radius 2 is 1.72 bits per heavy atom. The molecule has 0 bridgehead atoms. The fourth-order valence-electron chi connectivity index (χ4n) is 1.66. The van der Waals surface area contributed by atoms with E-state index >= 15 is 0 Å². The van der Waals surface area contributed by atoms with Crippen molar-refractivity contribution in [3.05, 3.63) is 12.2 Å². The molecule has 0 aromatic heterocycles. The van der Waals surface area contributed by atoms with E-state index in [2.05, 4.69) is 6.58 Å². The second-order valence-corrected chi connectivity index (χ2v) is 6.73. The fraction of sp³-hybridized carbons (Fsp3) is 0.769. The summed E-state index contributed by atoms with van der Waals surface area (Å²) in [5.74, 6) is -0.338. The highest BCUT2D eigenvalue weighted by Gasteiger charge is 2.31. The summed E-state index contributed by atoms with van der Waals surface area (Å²) in [6, 6.07) is 0. The van der Waals surface area contributed by atoms with Crippen molar-refractivity contribution in [3.63, 3.8) is 0 Å². The Balaban J connectivity index is 4.59. The molecule has 2 atom stereocenters. The third-order valence-corrected chi connectivity index (χ3v) is 5.30. The number of hydrogen-bond donors (Lipinski definition) is 0. The largest absolute Gasteiger partial charge is 0.459 e. The first-order chi connectivity index (χ1) is 8.47. The molecular formula is C13H26O4Si. The zero-order valence-electron chi connectivity index (χ0n) is 12.2. The van der Waals surface area contributed by atoms with Gasteiger partial charge >= 0.3 is 15.3 Å². The average Bonchev–Trinajstić information content (AvgIpc) is 2.34. The minimum Gasteiger partial charge on any atom is -0.459 e. The van der Waals surface area contributed by atoms with Gasteiger partial charge in [-0.1, -0.05) is 20.4 Å². The molecule has 0 saturated heterocycles. The van der Waals surface area contributed by atoms with Crippen LogP contribution in [0.4, 0.5) is 0 Å². The van der Waals surface area contributed by atoms with Crippen LogP contribution >= 0.6 is 0 Å². The fourth-order valence-corrected chi connectivity index (χ4v) is 3.72. The van der Waals surface area contributed by atoms with Crippen LogP contribution in [0.5, 0.6) is 0 Å². The predicted octanol–water partition coefficient (Wildman–Crippen LogP) is 2.57. The molecule has 2 unspecified atom stereocenters. The third-order valence-electron chi connectivity index (χ3n) is 2.69. The molecule has 0 fully saturated rings. The average molecular weight is 274 g/mol. The van der Waals surface area contributed by atoms with E-state index in [0.29, 0.717) is 18.8 Å². The van der Waals surface area contributed by atoms with Crippen LogP contribution in [0, 0.1) is 0 Å². The molecule has 0 radical (unpaired) electrons. The molecule has 5 heteroatoms. The van der Waals surface area contributed by atoms with Gasteiger partial charge in [0, 0.05) is 24.3 Å². The van der Waals surface area contributed by atoms with E-state index in [4.69, 9.17) is 13.6 Å². The van der Waals surface area contributed by atoms with Gasteiger partial charge in [0.25, 0.3) is 0 Å². The van der Waals surface area contributed by atoms with Crippen LogP contribution in [0.15, 0.2) is 12.2 Å². The predicted molar refractivity (Wildman–Crippen MR) is 74.8 cm³/mol. The van der Waals surface area contributed by atoms with Crippen molar-refractivity contribution in [2.75, 3.05) is 13.2 Å². The Morgan fingerprint density at radius 1 is 1.22 bits per heavy atom. The van der Waals surface area contributed by atoms with Crippen LogP contribution in [0.25, 0.3) is 0 Å². The van der Waals surface area contributed by atoms with Crippen molar-refractivity contribution >= 4 is 15.3 Å². The first-order valence-corrected chi connectivity index (χ1v) is 8.18. The Morgan fingerprint density at radius 3 is 2.06 bits per heavy atom. The number of rotatable bonds is 9. The summed E-state index contributed by atoms with van der Waals surface area (Å²) < 4.78 is 16.8. The number of carbonyl (C=O) groups excluding carboxylic acids is 1. The summed E-state index contributed by atoms with van der Waals surface area (Å²) >= 11 is 0. The van der Waals surface area contributed by atoms with Crippen molar-refractivity contribution in [2.24, 2.45) is 0 Å². The van der Waals surface area contributed by atoms with Gasteiger partial charge in [0.15, 0.2) is 0 Å². The molecule has 0 N–H and O–H groups in total. The van der Waals surface area contributed by atoms with E-state index in [1.54, 1.807) is 6.92 Å². The first kappa shape index (κ1) is 17.3. The highest BCUT2D eigenvalue weighted by Crippen LogP contribution is 2.23. The molecule has 0 aliphatic rings. The monoisotopic (exact) mass is 274 g/mol. The van der Waals surface area contributed by atoms with Gasteiger partial charge in [-0.25, -0.2) is 4.79 Å². The van der Waals surface area contributed by atoms with Crippen LogP contribution in [0.1, 0.15) is 41.0 Å². The van der Waals surface area contributed by atoms with Crippen LogP contribution in [-0.4, -0.2) is 34.6 Å². The minimum absolute atomic E-state index is 0.123. The zero-order valence-corrected chi connectivity index (χ0v) is 13.3. The van der Waals surface area contributed by atoms with E-state index in [1.807, 2.05) is 27.7 Å². The van der Waals surface area contributed by atoms with Crippen LogP contribution in [0.2, 0.25) is 5.54 Å². The van der Waals surface area contributed by atoms with Crippen LogP contribution < -0.4 is 0 Å². The van der Waals surface area contributed by atoms with Gasteiger partial charge in [0.2, 0.25) is 0 Å². The minimum atomic E-state index is -1.80. The summed E-state index contributed by atoms with van der Waals surface area (Å²) in [5.41, 5.74) is 0.546. The van der Waals surface area contributed by atoms with Crippen LogP contribution in [0.3, 0.4) is 0 Å². The SMILES string of the molecule is C=C(C)C(=O)OC(CC)C(C)[SiH](OCC)OCC. The van der Waals surface area contributed by atoms with E-state index in [1.165, 1.54) is 0 Å². The Hall–Kier alpha value is -0.653. The smallest absolute Gasteiger partial charge is 0.333 e. The molecule has 0 aliphatic carbocycles. The molecule has 4 nitrogen and oxygen atoms in total. The highest BCUT2D eigenvalue weighted by atomic mass is 28.3. The first-order valence-electron chi connectivity index (χ1n) is 6.57. The molecule has 0 aliphatic heterocycles.